The highest BCUT2D eigenvalue weighted by Crippen LogP contribution is 2.25. The molecular formula is C20H36N2O4S2. The highest BCUT2D eigenvalue weighted by atomic mass is 33.1. The standard InChI is InChI=1S/C20H36N2O4S2/c23-17-25-13-5-19-1-7-21(8-2-19)11-15-27-28-16-12-22-9-3-20(4-10-22)6-14-26-18-24/h17-20H,1-16H2. The van der Waals surface area contributed by atoms with E-state index in [1.165, 1.54) is 76.5 Å². The van der Waals surface area contributed by atoms with Gasteiger partial charge in [-0.25, -0.2) is 0 Å². The van der Waals surface area contributed by atoms with Crippen LogP contribution in [0.15, 0.2) is 0 Å². The van der Waals surface area contributed by atoms with Gasteiger partial charge in [0.1, 0.15) is 0 Å². The molecule has 2 fully saturated rings. The van der Waals surface area contributed by atoms with Gasteiger partial charge in [0.05, 0.1) is 13.2 Å². The molecule has 2 aliphatic heterocycles. The van der Waals surface area contributed by atoms with Crippen LogP contribution in [-0.2, 0) is 19.1 Å². The van der Waals surface area contributed by atoms with Crippen LogP contribution in [-0.4, -0.2) is 86.7 Å². The van der Waals surface area contributed by atoms with E-state index in [-0.39, 0.29) is 0 Å². The lowest BCUT2D eigenvalue weighted by Crippen LogP contribution is -2.35. The van der Waals surface area contributed by atoms with Crippen molar-refractivity contribution in [3.63, 3.8) is 0 Å². The molecule has 0 radical (unpaired) electrons. The quantitative estimate of drug-likeness (QED) is 0.222. The van der Waals surface area contributed by atoms with Gasteiger partial charge >= 0.3 is 0 Å². The molecule has 0 aromatic rings. The van der Waals surface area contributed by atoms with Crippen LogP contribution in [0.1, 0.15) is 38.5 Å². The van der Waals surface area contributed by atoms with Crippen molar-refractivity contribution < 1.29 is 19.1 Å². The Labute approximate surface area is 177 Å². The Bertz CT molecular complexity index is 377. The molecule has 0 saturated carbocycles. The minimum atomic E-state index is 0.555. The van der Waals surface area contributed by atoms with Gasteiger partial charge < -0.3 is 19.3 Å². The molecule has 0 aliphatic carbocycles. The lowest BCUT2D eigenvalue weighted by Gasteiger charge is -2.32. The van der Waals surface area contributed by atoms with Crippen molar-refractivity contribution in [2.75, 3.05) is 64.0 Å². The molecule has 2 saturated heterocycles. The maximum Gasteiger partial charge on any atom is 0.293 e. The van der Waals surface area contributed by atoms with Gasteiger partial charge in [0.25, 0.3) is 12.9 Å². The number of piperidine rings is 2. The zero-order valence-electron chi connectivity index (χ0n) is 17.0. The van der Waals surface area contributed by atoms with E-state index in [1.54, 1.807) is 0 Å². The van der Waals surface area contributed by atoms with Crippen LogP contribution < -0.4 is 0 Å². The predicted molar refractivity (Wildman–Crippen MR) is 117 cm³/mol. The summed E-state index contributed by atoms with van der Waals surface area (Å²) in [4.78, 5) is 25.5. The van der Waals surface area contributed by atoms with Crippen LogP contribution in [0.5, 0.6) is 0 Å². The second kappa shape index (κ2) is 15.4. The van der Waals surface area contributed by atoms with Gasteiger partial charge in [-0.15, -0.1) is 0 Å². The summed E-state index contributed by atoms with van der Waals surface area (Å²) in [7, 11) is 4.01. The monoisotopic (exact) mass is 432 g/mol. The average molecular weight is 433 g/mol. The highest BCUT2D eigenvalue weighted by molar-refractivity contribution is 8.76. The Morgan fingerprint density at radius 1 is 0.714 bits per heavy atom. The largest absolute Gasteiger partial charge is 0.468 e. The Hall–Kier alpha value is -0.440. The molecule has 0 amide bonds. The van der Waals surface area contributed by atoms with Crippen molar-refractivity contribution in [2.45, 2.75) is 38.5 Å². The fourth-order valence-corrected chi connectivity index (χ4v) is 6.07. The summed E-state index contributed by atoms with van der Waals surface area (Å²) in [5.41, 5.74) is 0. The van der Waals surface area contributed by atoms with Crippen molar-refractivity contribution in [2.24, 2.45) is 11.8 Å². The summed E-state index contributed by atoms with van der Waals surface area (Å²) in [6, 6.07) is 0. The zero-order valence-corrected chi connectivity index (χ0v) is 18.6. The Morgan fingerprint density at radius 2 is 1.11 bits per heavy atom. The van der Waals surface area contributed by atoms with Crippen LogP contribution in [0.4, 0.5) is 0 Å². The molecule has 2 aliphatic rings. The maximum atomic E-state index is 10.2. The molecule has 8 heteroatoms. The molecular weight excluding hydrogens is 396 g/mol. The minimum absolute atomic E-state index is 0.555. The molecule has 0 aromatic carbocycles. The van der Waals surface area contributed by atoms with E-state index in [1.807, 2.05) is 21.6 Å². The summed E-state index contributed by atoms with van der Waals surface area (Å²) in [6.45, 7) is 9.37. The van der Waals surface area contributed by atoms with Crippen LogP contribution >= 0.6 is 21.6 Å². The highest BCUT2D eigenvalue weighted by Gasteiger charge is 2.20. The molecule has 0 spiro atoms. The molecule has 6 nitrogen and oxygen atoms in total. The molecule has 162 valence electrons. The molecule has 2 rings (SSSR count). The maximum absolute atomic E-state index is 10.2. The summed E-state index contributed by atoms with van der Waals surface area (Å²) in [5, 5.41) is 0. The summed E-state index contributed by atoms with van der Waals surface area (Å²) < 4.78 is 9.63. The third kappa shape index (κ3) is 10.4. The predicted octanol–water partition coefficient (Wildman–Crippen LogP) is 2.92. The number of likely N-dealkylation sites (tertiary alicyclic amines) is 2. The molecule has 0 N–H and O–H groups in total. The molecule has 2 heterocycles. The van der Waals surface area contributed by atoms with E-state index < -0.39 is 0 Å². The van der Waals surface area contributed by atoms with E-state index in [9.17, 15) is 9.59 Å². The topological polar surface area (TPSA) is 59.1 Å². The third-order valence-electron chi connectivity index (χ3n) is 5.90. The molecule has 0 atom stereocenters. The smallest absolute Gasteiger partial charge is 0.293 e. The lowest BCUT2D eigenvalue weighted by molar-refractivity contribution is -0.130. The fraction of sp³-hybridized carbons (Fsp3) is 0.900. The molecule has 0 aromatic heterocycles. The number of hydrogen-bond acceptors (Lipinski definition) is 8. The third-order valence-corrected chi connectivity index (χ3v) is 8.27. The van der Waals surface area contributed by atoms with Crippen molar-refractivity contribution >= 4 is 34.5 Å². The van der Waals surface area contributed by atoms with E-state index in [4.69, 9.17) is 9.47 Å². The first-order chi connectivity index (χ1) is 13.8. The zero-order chi connectivity index (χ0) is 19.9. The van der Waals surface area contributed by atoms with Crippen LogP contribution in [0, 0.1) is 11.8 Å². The number of ether oxygens (including phenoxy) is 2. The van der Waals surface area contributed by atoms with Gasteiger partial charge in [0.15, 0.2) is 0 Å². The summed E-state index contributed by atoms with van der Waals surface area (Å²) in [5.74, 6) is 3.84. The van der Waals surface area contributed by atoms with Gasteiger partial charge in [0, 0.05) is 24.6 Å². The van der Waals surface area contributed by atoms with Gasteiger partial charge in [-0.2, -0.15) is 0 Å². The van der Waals surface area contributed by atoms with Crippen LogP contribution in [0.25, 0.3) is 0 Å². The van der Waals surface area contributed by atoms with Crippen LogP contribution in [0.3, 0.4) is 0 Å². The number of carbonyl (C=O) groups is 2. The Morgan fingerprint density at radius 3 is 1.46 bits per heavy atom. The minimum Gasteiger partial charge on any atom is -0.468 e. The summed E-state index contributed by atoms with van der Waals surface area (Å²) in [6.07, 6.45) is 6.96. The SMILES string of the molecule is O=COCCC1CCN(CCSSCCN2CCC(CCOC=O)CC2)CC1. The van der Waals surface area contributed by atoms with Crippen molar-refractivity contribution in [3.05, 3.63) is 0 Å². The first kappa shape index (κ1) is 23.8. The average Bonchev–Trinajstić information content (AvgIpc) is 2.73. The first-order valence-corrected chi connectivity index (χ1v) is 13.1. The van der Waals surface area contributed by atoms with E-state index in [2.05, 4.69) is 9.80 Å². The van der Waals surface area contributed by atoms with E-state index in [0.29, 0.717) is 26.2 Å². The second-order valence-corrected chi connectivity index (χ2v) is 10.4. The Balaban J connectivity index is 1.38. The number of carbonyl (C=O) groups excluding carboxylic acids is 2. The van der Waals surface area contributed by atoms with Crippen LogP contribution in [0.2, 0.25) is 0 Å². The van der Waals surface area contributed by atoms with E-state index >= 15 is 0 Å². The van der Waals surface area contributed by atoms with Gasteiger partial charge in [-0.05, 0) is 76.5 Å². The van der Waals surface area contributed by atoms with Gasteiger partial charge in [-0.3, -0.25) is 9.59 Å². The van der Waals surface area contributed by atoms with Crippen molar-refractivity contribution in [1.82, 2.24) is 9.80 Å². The van der Waals surface area contributed by atoms with Crippen molar-refractivity contribution in [1.29, 1.82) is 0 Å². The number of nitrogens with zero attached hydrogens (tertiary/aromatic N) is 2. The van der Waals surface area contributed by atoms with E-state index in [0.717, 1.165) is 24.7 Å². The molecule has 0 unspecified atom stereocenters. The molecule has 28 heavy (non-hydrogen) atoms. The second-order valence-electron chi connectivity index (χ2n) is 7.73. The number of rotatable bonds is 15. The lowest BCUT2D eigenvalue weighted by atomic mass is 9.94. The fourth-order valence-electron chi connectivity index (χ4n) is 4.01. The Kier molecular flexibility index (Phi) is 13.1. The summed E-state index contributed by atoms with van der Waals surface area (Å²) >= 11 is 0. The van der Waals surface area contributed by atoms with Crippen molar-refractivity contribution in [3.8, 4) is 0 Å². The van der Waals surface area contributed by atoms with Gasteiger partial charge in [-0.1, -0.05) is 21.6 Å². The normalized spacial score (nSPS) is 20.1. The molecule has 0 bridgehead atoms. The number of hydrogen-bond donors (Lipinski definition) is 0. The van der Waals surface area contributed by atoms with Gasteiger partial charge in [0.2, 0.25) is 0 Å². The first-order valence-electron chi connectivity index (χ1n) is 10.6.